The fourth-order valence-corrected chi connectivity index (χ4v) is 3.84. The summed E-state index contributed by atoms with van der Waals surface area (Å²) in [7, 11) is 0. The smallest absolute Gasteiger partial charge is 0.312 e. The molecule has 0 fully saturated rings. The summed E-state index contributed by atoms with van der Waals surface area (Å²) in [5.41, 5.74) is 3.49. The molecule has 4 aromatic carbocycles. The first-order valence-electron chi connectivity index (χ1n) is 10.6. The Morgan fingerprint density at radius 1 is 0.857 bits per heavy atom. The Balaban J connectivity index is 1.39. The molecule has 0 aliphatic heterocycles. The van der Waals surface area contributed by atoms with Crippen LogP contribution in [0.2, 0.25) is 0 Å². The highest BCUT2D eigenvalue weighted by molar-refractivity contribution is 9.10. The first-order chi connectivity index (χ1) is 17.0. The molecule has 0 N–H and O–H groups in total. The van der Waals surface area contributed by atoms with Crippen LogP contribution in [0.1, 0.15) is 15.9 Å². The summed E-state index contributed by atoms with van der Waals surface area (Å²) in [6, 6.07) is 25.6. The largest absolute Gasteiger partial charge is 0.450 e. The van der Waals surface area contributed by atoms with Gasteiger partial charge in [0.25, 0.3) is 0 Å². The Labute approximate surface area is 208 Å². The van der Waals surface area contributed by atoms with Crippen molar-refractivity contribution < 1.29 is 14.5 Å². The van der Waals surface area contributed by atoms with Crippen molar-refractivity contribution in [3.05, 3.63) is 123 Å². The molecule has 0 atom stereocenters. The summed E-state index contributed by atoms with van der Waals surface area (Å²) in [6.45, 7) is 0. The molecular formula is C27H16BrN3O4. The fraction of sp³-hybridized carbons (Fsp3) is 0. The van der Waals surface area contributed by atoms with E-state index in [2.05, 4.69) is 25.9 Å². The van der Waals surface area contributed by atoms with E-state index >= 15 is 0 Å². The van der Waals surface area contributed by atoms with Crippen molar-refractivity contribution >= 4 is 38.4 Å². The second kappa shape index (κ2) is 9.44. The van der Waals surface area contributed by atoms with Crippen LogP contribution < -0.4 is 4.74 Å². The van der Waals surface area contributed by atoms with Crippen LogP contribution in [0.4, 0.5) is 5.69 Å². The van der Waals surface area contributed by atoms with Crippen molar-refractivity contribution in [1.29, 1.82) is 0 Å². The van der Waals surface area contributed by atoms with Gasteiger partial charge in [-0.05, 0) is 72.8 Å². The number of halogens is 1. The molecule has 0 unspecified atom stereocenters. The third-order valence-corrected chi connectivity index (χ3v) is 5.88. The van der Waals surface area contributed by atoms with Gasteiger partial charge >= 0.3 is 5.69 Å². The average Bonchev–Trinajstić information content (AvgIpc) is 2.89. The van der Waals surface area contributed by atoms with Gasteiger partial charge in [-0.2, -0.15) is 0 Å². The van der Waals surface area contributed by atoms with Crippen LogP contribution in [-0.4, -0.2) is 20.7 Å². The Hall–Kier alpha value is -4.43. The van der Waals surface area contributed by atoms with Crippen molar-refractivity contribution in [1.82, 2.24) is 9.97 Å². The lowest BCUT2D eigenvalue weighted by Gasteiger charge is -2.09. The molecule has 7 nitrogen and oxygen atoms in total. The van der Waals surface area contributed by atoms with Crippen LogP contribution in [0.25, 0.3) is 22.3 Å². The van der Waals surface area contributed by atoms with Gasteiger partial charge in [-0.3, -0.25) is 19.9 Å². The maximum Gasteiger partial charge on any atom is 0.312 e. The molecule has 0 radical (unpaired) electrons. The third-order valence-electron chi connectivity index (χ3n) is 5.35. The molecule has 0 saturated heterocycles. The van der Waals surface area contributed by atoms with Gasteiger partial charge in [0.05, 0.1) is 27.8 Å². The molecule has 5 aromatic rings. The van der Waals surface area contributed by atoms with Crippen LogP contribution in [0.15, 0.2) is 102 Å². The van der Waals surface area contributed by atoms with Crippen LogP contribution in [-0.2, 0) is 0 Å². The quantitative estimate of drug-likeness (QED) is 0.134. The van der Waals surface area contributed by atoms with Crippen LogP contribution in [0.5, 0.6) is 11.5 Å². The number of benzene rings is 4. The number of para-hydroxylation sites is 2. The molecule has 0 bridgehead atoms. The number of ether oxygens (including phenoxy) is 1. The van der Waals surface area contributed by atoms with Crippen molar-refractivity contribution in [2.75, 3.05) is 0 Å². The van der Waals surface area contributed by atoms with E-state index in [-0.39, 0.29) is 22.8 Å². The number of carbonyl (C=O) groups excluding carboxylic acids is 1. The molecule has 5 rings (SSSR count). The van der Waals surface area contributed by atoms with Gasteiger partial charge in [0.1, 0.15) is 5.75 Å². The number of aromatic nitrogens is 2. The molecule has 35 heavy (non-hydrogen) atoms. The Kier molecular flexibility index (Phi) is 6.03. The molecule has 0 aliphatic carbocycles. The van der Waals surface area contributed by atoms with E-state index in [4.69, 9.17) is 4.74 Å². The number of fused-ring (bicyclic) bond motifs is 1. The zero-order valence-corrected chi connectivity index (χ0v) is 19.7. The molecule has 170 valence electrons. The fourth-order valence-electron chi connectivity index (χ4n) is 3.57. The monoisotopic (exact) mass is 525 g/mol. The second-order valence-electron chi connectivity index (χ2n) is 7.65. The van der Waals surface area contributed by atoms with Crippen LogP contribution >= 0.6 is 15.9 Å². The average molecular weight is 526 g/mol. The minimum atomic E-state index is -0.563. The van der Waals surface area contributed by atoms with Crippen LogP contribution in [0.3, 0.4) is 0 Å². The van der Waals surface area contributed by atoms with Gasteiger partial charge in [-0.25, -0.2) is 4.98 Å². The second-order valence-corrected chi connectivity index (χ2v) is 8.56. The third kappa shape index (κ3) is 4.78. The lowest BCUT2D eigenvalue weighted by Crippen LogP contribution is -2.03. The number of nitro groups is 1. The lowest BCUT2D eigenvalue weighted by molar-refractivity contribution is -0.385. The summed E-state index contributed by atoms with van der Waals surface area (Å²) < 4.78 is 6.63. The maximum absolute atomic E-state index is 12.8. The van der Waals surface area contributed by atoms with E-state index in [0.29, 0.717) is 17.0 Å². The zero-order chi connectivity index (χ0) is 24.4. The van der Waals surface area contributed by atoms with Crippen molar-refractivity contribution in [3.63, 3.8) is 0 Å². The normalized spacial score (nSPS) is 10.8. The van der Waals surface area contributed by atoms with E-state index in [1.165, 1.54) is 18.2 Å². The van der Waals surface area contributed by atoms with Gasteiger partial charge in [0.2, 0.25) is 5.75 Å². The first-order valence-corrected chi connectivity index (χ1v) is 11.4. The van der Waals surface area contributed by atoms with E-state index in [1.807, 2.05) is 36.4 Å². The molecule has 0 spiro atoms. The Morgan fingerprint density at radius 2 is 1.54 bits per heavy atom. The Morgan fingerprint density at radius 3 is 2.26 bits per heavy atom. The molecule has 0 aliphatic rings. The van der Waals surface area contributed by atoms with Gasteiger partial charge in [-0.1, -0.05) is 28.1 Å². The highest BCUT2D eigenvalue weighted by Crippen LogP contribution is 2.33. The van der Waals surface area contributed by atoms with E-state index in [9.17, 15) is 14.9 Å². The minimum Gasteiger partial charge on any atom is -0.450 e. The molecular weight excluding hydrogens is 510 g/mol. The summed E-state index contributed by atoms with van der Waals surface area (Å²) in [6.07, 6.45) is 1.70. The molecule has 1 aromatic heterocycles. The summed E-state index contributed by atoms with van der Waals surface area (Å²) in [5, 5.41) is 11.7. The lowest BCUT2D eigenvalue weighted by atomic mass is 10.0. The summed E-state index contributed by atoms with van der Waals surface area (Å²) >= 11 is 3.33. The molecule has 0 amide bonds. The van der Waals surface area contributed by atoms with E-state index < -0.39 is 4.92 Å². The minimum absolute atomic E-state index is 0.0422. The summed E-state index contributed by atoms with van der Waals surface area (Å²) in [4.78, 5) is 33.0. The number of hydrogen-bond donors (Lipinski definition) is 0. The van der Waals surface area contributed by atoms with Crippen molar-refractivity contribution in [2.45, 2.75) is 0 Å². The van der Waals surface area contributed by atoms with Gasteiger partial charge in [0.15, 0.2) is 5.78 Å². The van der Waals surface area contributed by atoms with Crippen LogP contribution in [0, 0.1) is 10.1 Å². The maximum atomic E-state index is 12.8. The molecule has 1 heterocycles. The predicted molar refractivity (Wildman–Crippen MR) is 136 cm³/mol. The van der Waals surface area contributed by atoms with Gasteiger partial charge < -0.3 is 4.74 Å². The number of hydrogen-bond acceptors (Lipinski definition) is 6. The number of nitro benzene ring substituents is 1. The van der Waals surface area contributed by atoms with Gasteiger partial charge in [0, 0.05) is 27.2 Å². The SMILES string of the molecule is O=C(c1ccc(Br)cc1)c1ccc(Oc2ccc(-c3cnc4ccccc4n3)cc2)c([N+](=O)[O-])c1. The summed E-state index contributed by atoms with van der Waals surface area (Å²) in [5.74, 6) is 0.145. The highest BCUT2D eigenvalue weighted by atomic mass is 79.9. The predicted octanol–water partition coefficient (Wildman–Crippen LogP) is 6.99. The molecule has 8 heteroatoms. The van der Waals surface area contributed by atoms with Crippen molar-refractivity contribution in [3.8, 4) is 22.8 Å². The molecule has 0 saturated carbocycles. The van der Waals surface area contributed by atoms with E-state index in [1.54, 1.807) is 42.6 Å². The van der Waals surface area contributed by atoms with Crippen molar-refractivity contribution in [2.24, 2.45) is 0 Å². The standard InChI is InChI=1S/C27H16BrN3O4/c28-20-10-5-18(6-11-20)27(32)19-9-14-26(25(15-19)31(33)34)35-21-12-7-17(8-13-21)24-16-29-22-3-1-2-4-23(22)30-24/h1-16H. The Bertz CT molecular complexity index is 1570. The number of ketones is 1. The van der Waals surface area contributed by atoms with E-state index in [0.717, 1.165) is 21.1 Å². The number of nitrogens with zero attached hydrogens (tertiary/aromatic N) is 3. The first kappa shape index (κ1) is 22.4. The zero-order valence-electron chi connectivity index (χ0n) is 18.1. The highest BCUT2D eigenvalue weighted by Gasteiger charge is 2.20. The topological polar surface area (TPSA) is 95.2 Å². The van der Waals surface area contributed by atoms with Gasteiger partial charge in [-0.15, -0.1) is 0 Å². The number of carbonyl (C=O) groups is 1. The number of rotatable bonds is 6.